The predicted molar refractivity (Wildman–Crippen MR) is 72.5 cm³/mol. The maximum Gasteiger partial charge on any atom is 0.441 e. The van der Waals surface area contributed by atoms with Gasteiger partial charge >= 0.3 is 17.8 Å². The Morgan fingerprint density at radius 3 is 2.32 bits per heavy atom. The molecule has 2 N–H and O–H groups in total. The van der Waals surface area contributed by atoms with Crippen molar-refractivity contribution in [3.8, 4) is 0 Å². The van der Waals surface area contributed by atoms with Crippen LogP contribution in [0.25, 0.3) is 0 Å². The van der Waals surface area contributed by atoms with Crippen molar-refractivity contribution in [3.63, 3.8) is 0 Å². The Balaban J connectivity index is 3.41. The molecule has 0 aromatic carbocycles. The first kappa shape index (κ1) is 18.3. The number of nitrogens with one attached hydrogen (secondary N) is 2. The lowest BCUT2D eigenvalue weighted by Gasteiger charge is -2.34. The molecule has 1 aromatic heterocycles. The maximum atomic E-state index is 13.4. The van der Waals surface area contributed by atoms with Gasteiger partial charge in [-0.3, -0.25) is 4.79 Å². The fourth-order valence-corrected chi connectivity index (χ4v) is 1.92. The van der Waals surface area contributed by atoms with E-state index in [1.165, 1.54) is 5.32 Å². The van der Waals surface area contributed by atoms with E-state index in [1.54, 1.807) is 5.32 Å². The largest absolute Gasteiger partial charge is 0.466 e. The van der Waals surface area contributed by atoms with Gasteiger partial charge in [-0.15, -0.1) is 0 Å². The van der Waals surface area contributed by atoms with E-state index in [0.717, 1.165) is 26.3 Å². The van der Waals surface area contributed by atoms with Crippen LogP contribution >= 0.6 is 23.2 Å². The monoisotopic (exact) mass is 359 g/mol. The summed E-state index contributed by atoms with van der Waals surface area (Å²) >= 11 is 11.3. The summed E-state index contributed by atoms with van der Waals surface area (Å²) in [5.74, 6) is -3.43. The van der Waals surface area contributed by atoms with Gasteiger partial charge in [0.1, 0.15) is 5.82 Å². The average molecular weight is 360 g/mol. The molecule has 0 aliphatic rings. The molecule has 6 nitrogen and oxygen atoms in total. The van der Waals surface area contributed by atoms with Gasteiger partial charge in [-0.1, -0.05) is 23.2 Å². The summed E-state index contributed by atoms with van der Waals surface area (Å²) in [6.45, 7) is 0.808. The summed E-state index contributed by atoms with van der Waals surface area (Å²) in [5.41, 5.74) is -3.54. The molecule has 0 aliphatic heterocycles. The number of carbonyl (C=O) groups is 2. The number of nitrogens with zero attached hydrogens (tertiary/aromatic N) is 1. The number of hydrogen-bond acceptors (Lipinski definition) is 5. The molecular weight excluding hydrogens is 350 g/mol. The Kier molecular flexibility index (Phi) is 5.47. The van der Waals surface area contributed by atoms with Gasteiger partial charge < -0.3 is 15.4 Å². The van der Waals surface area contributed by atoms with Crippen molar-refractivity contribution in [2.24, 2.45) is 0 Å². The second-order valence-electron chi connectivity index (χ2n) is 4.03. The second-order valence-corrected chi connectivity index (χ2v) is 4.87. The molecule has 0 bridgehead atoms. The predicted octanol–water partition coefficient (Wildman–Crippen LogP) is 2.37. The molecule has 22 heavy (non-hydrogen) atoms. The molecule has 1 atom stereocenters. The molecule has 122 valence electrons. The number of halogens is 5. The Bertz CT molecular complexity index is 598. The van der Waals surface area contributed by atoms with Gasteiger partial charge in [-0.2, -0.15) is 13.2 Å². The number of methoxy groups -OCH3 is 1. The average Bonchev–Trinajstić information content (AvgIpc) is 2.38. The van der Waals surface area contributed by atoms with Gasteiger partial charge in [-0.25, -0.2) is 9.78 Å². The van der Waals surface area contributed by atoms with Crippen LogP contribution in [0.1, 0.15) is 6.92 Å². The van der Waals surface area contributed by atoms with E-state index in [9.17, 15) is 22.8 Å². The van der Waals surface area contributed by atoms with Crippen LogP contribution in [-0.2, 0) is 14.3 Å². The lowest BCUT2D eigenvalue weighted by atomic mass is 10.1. The summed E-state index contributed by atoms with van der Waals surface area (Å²) in [5, 5.41) is 3.06. The number of ether oxygens (including phenoxy) is 1. The van der Waals surface area contributed by atoms with Crippen LogP contribution in [0.4, 0.5) is 19.0 Å². The first-order valence-electron chi connectivity index (χ1n) is 5.56. The van der Waals surface area contributed by atoms with Gasteiger partial charge in [0, 0.05) is 13.1 Å². The third-order valence-electron chi connectivity index (χ3n) is 2.39. The highest BCUT2D eigenvalue weighted by molar-refractivity contribution is 6.36. The van der Waals surface area contributed by atoms with Gasteiger partial charge in [0.05, 0.1) is 17.2 Å². The van der Waals surface area contributed by atoms with E-state index in [-0.39, 0.29) is 10.0 Å². The number of esters is 1. The lowest BCUT2D eigenvalue weighted by molar-refractivity contribution is -0.206. The summed E-state index contributed by atoms with van der Waals surface area (Å²) < 4.78 is 44.3. The number of rotatable bonds is 4. The zero-order chi connectivity index (χ0) is 17.1. The standard InChI is InChI=1S/C11H10Cl2F3N3O3/c1-5(20)18-10(9(21)22-2,11(14,15)16)19-8-7(13)3-6(12)4-17-8/h3-4H,1-2H3,(H,17,19)(H,18,20)/t10-/m1/s1. The number of amides is 1. The lowest BCUT2D eigenvalue weighted by Crippen LogP contribution is -2.69. The van der Waals surface area contributed by atoms with Crippen LogP contribution in [0.15, 0.2) is 12.3 Å². The summed E-state index contributed by atoms with van der Waals surface area (Å²) in [4.78, 5) is 26.4. The number of carbonyl (C=O) groups excluding carboxylic acids is 2. The third-order valence-corrected chi connectivity index (χ3v) is 2.89. The molecule has 1 aromatic rings. The number of anilines is 1. The summed E-state index contributed by atoms with van der Waals surface area (Å²) in [7, 11) is 0.739. The second kappa shape index (κ2) is 6.57. The molecule has 0 saturated carbocycles. The number of pyridine rings is 1. The van der Waals surface area contributed by atoms with Crippen molar-refractivity contribution in [1.82, 2.24) is 10.3 Å². The molecule has 1 heterocycles. The van der Waals surface area contributed by atoms with E-state index < -0.39 is 29.5 Å². The molecule has 1 amide bonds. The van der Waals surface area contributed by atoms with Crippen LogP contribution in [0.3, 0.4) is 0 Å². The third kappa shape index (κ3) is 3.72. The van der Waals surface area contributed by atoms with Crippen LogP contribution in [-0.4, -0.2) is 35.8 Å². The van der Waals surface area contributed by atoms with Gasteiger partial charge in [0.25, 0.3) is 0 Å². The van der Waals surface area contributed by atoms with Crippen molar-refractivity contribution in [2.75, 3.05) is 12.4 Å². The minimum Gasteiger partial charge on any atom is -0.466 e. The van der Waals surface area contributed by atoms with Crippen molar-refractivity contribution >= 4 is 40.9 Å². The maximum absolute atomic E-state index is 13.4. The first-order valence-corrected chi connectivity index (χ1v) is 6.32. The van der Waals surface area contributed by atoms with Crippen molar-refractivity contribution < 1.29 is 27.5 Å². The quantitative estimate of drug-likeness (QED) is 0.637. The molecule has 1 rings (SSSR count). The Labute approximate surface area is 132 Å². The van der Waals surface area contributed by atoms with Crippen molar-refractivity contribution in [2.45, 2.75) is 18.8 Å². The van der Waals surface area contributed by atoms with E-state index in [0.29, 0.717) is 0 Å². The molecule has 0 unspecified atom stereocenters. The van der Waals surface area contributed by atoms with E-state index in [2.05, 4.69) is 9.72 Å². The molecule has 0 aliphatic carbocycles. The van der Waals surface area contributed by atoms with Gasteiger partial charge in [-0.05, 0) is 6.07 Å². The van der Waals surface area contributed by atoms with Gasteiger partial charge in [0.2, 0.25) is 5.91 Å². The molecule has 11 heteroatoms. The number of aromatic nitrogens is 1. The zero-order valence-corrected chi connectivity index (χ0v) is 12.7. The Morgan fingerprint density at radius 2 is 1.91 bits per heavy atom. The van der Waals surface area contributed by atoms with Crippen molar-refractivity contribution in [3.05, 3.63) is 22.3 Å². The molecule has 0 radical (unpaired) electrons. The van der Waals surface area contributed by atoms with Crippen molar-refractivity contribution in [1.29, 1.82) is 0 Å². The molecule has 0 fully saturated rings. The normalized spacial score (nSPS) is 14.0. The summed E-state index contributed by atoms with van der Waals surface area (Å²) in [6, 6.07) is 1.12. The van der Waals surface area contributed by atoms with Gasteiger partial charge in [0.15, 0.2) is 0 Å². The minimum atomic E-state index is -5.24. The fraction of sp³-hybridized carbons (Fsp3) is 0.364. The van der Waals surface area contributed by atoms with Crippen LogP contribution < -0.4 is 10.6 Å². The smallest absolute Gasteiger partial charge is 0.441 e. The fourth-order valence-electron chi connectivity index (χ4n) is 1.49. The SMILES string of the molecule is COC(=O)[C@@](NC(C)=O)(Nc1ncc(Cl)cc1Cl)C(F)(F)F. The zero-order valence-electron chi connectivity index (χ0n) is 11.2. The molecular formula is C11H10Cl2F3N3O3. The highest BCUT2D eigenvalue weighted by Crippen LogP contribution is 2.34. The minimum absolute atomic E-state index is 0.0748. The number of alkyl halides is 3. The van der Waals surface area contributed by atoms with E-state index in [1.807, 2.05) is 0 Å². The van der Waals surface area contributed by atoms with E-state index >= 15 is 0 Å². The highest BCUT2D eigenvalue weighted by atomic mass is 35.5. The first-order chi connectivity index (χ1) is 10.0. The van der Waals surface area contributed by atoms with E-state index in [4.69, 9.17) is 23.2 Å². The molecule has 0 spiro atoms. The van der Waals surface area contributed by atoms with Crippen LogP contribution in [0.2, 0.25) is 10.0 Å². The highest BCUT2D eigenvalue weighted by Gasteiger charge is 2.63. The Hall–Kier alpha value is -1.74. The number of hydrogen-bond donors (Lipinski definition) is 2. The van der Waals surface area contributed by atoms with Crippen LogP contribution in [0.5, 0.6) is 0 Å². The molecule has 0 saturated heterocycles. The topological polar surface area (TPSA) is 80.3 Å². The summed E-state index contributed by atoms with van der Waals surface area (Å²) in [6.07, 6.45) is -4.22. The Morgan fingerprint density at radius 1 is 1.32 bits per heavy atom. The van der Waals surface area contributed by atoms with Crippen LogP contribution in [0, 0.1) is 0 Å².